The number of likely N-dealkylation sites (tertiary alicyclic amines) is 1. The largest absolute Gasteiger partial charge is 0.352 e. The maximum absolute atomic E-state index is 11.9. The average Bonchev–Trinajstić information content (AvgIpc) is 3.07. The fraction of sp³-hybridized carbons (Fsp3) is 0.588. The summed E-state index contributed by atoms with van der Waals surface area (Å²) in [6, 6.07) is 4.02. The van der Waals surface area contributed by atoms with Gasteiger partial charge < -0.3 is 10.2 Å². The van der Waals surface area contributed by atoms with Crippen molar-refractivity contribution in [2.24, 2.45) is 5.41 Å². The van der Waals surface area contributed by atoms with Crippen molar-refractivity contribution >= 4 is 23.3 Å². The summed E-state index contributed by atoms with van der Waals surface area (Å²) in [5, 5.41) is 5.11. The molecule has 0 spiro atoms. The molecule has 1 aliphatic heterocycles. The second-order valence-corrected chi connectivity index (χ2v) is 7.38. The van der Waals surface area contributed by atoms with Gasteiger partial charge in [-0.05, 0) is 56.3 Å². The van der Waals surface area contributed by atoms with Crippen LogP contribution in [0.25, 0.3) is 6.08 Å². The second-order valence-electron chi connectivity index (χ2n) is 6.40. The third-order valence-corrected chi connectivity index (χ3v) is 5.38. The summed E-state index contributed by atoms with van der Waals surface area (Å²) < 4.78 is 0. The molecule has 1 N–H and O–H groups in total. The third-order valence-electron chi connectivity index (χ3n) is 4.54. The molecule has 2 fully saturated rings. The maximum atomic E-state index is 11.9. The van der Waals surface area contributed by atoms with Crippen molar-refractivity contribution in [1.29, 1.82) is 0 Å². The molecule has 2 heterocycles. The van der Waals surface area contributed by atoms with E-state index >= 15 is 0 Å². The van der Waals surface area contributed by atoms with Gasteiger partial charge in [0.2, 0.25) is 5.91 Å². The van der Waals surface area contributed by atoms with Crippen LogP contribution in [-0.2, 0) is 4.79 Å². The van der Waals surface area contributed by atoms with Crippen molar-refractivity contribution in [3.63, 3.8) is 0 Å². The topological polar surface area (TPSA) is 32.3 Å². The van der Waals surface area contributed by atoms with E-state index in [0.717, 1.165) is 11.4 Å². The van der Waals surface area contributed by atoms with Gasteiger partial charge >= 0.3 is 0 Å². The normalized spacial score (nSPS) is 21.5. The van der Waals surface area contributed by atoms with Crippen LogP contribution in [0.1, 0.15) is 37.0 Å². The van der Waals surface area contributed by atoms with Gasteiger partial charge in [0.1, 0.15) is 0 Å². The molecule has 4 heteroatoms. The van der Waals surface area contributed by atoms with Crippen LogP contribution in [0, 0.1) is 5.41 Å². The highest BCUT2D eigenvalue weighted by molar-refractivity contribution is 7.10. The highest BCUT2D eigenvalue weighted by Crippen LogP contribution is 2.45. The van der Waals surface area contributed by atoms with E-state index in [0.29, 0.717) is 5.41 Å². The number of amides is 1. The Kier molecular flexibility index (Phi) is 4.76. The Morgan fingerprint density at radius 1 is 1.33 bits per heavy atom. The summed E-state index contributed by atoms with van der Waals surface area (Å²) in [4.78, 5) is 15.6. The molecule has 1 saturated carbocycles. The molecule has 0 unspecified atom stereocenters. The molecule has 0 atom stereocenters. The monoisotopic (exact) mass is 304 g/mol. The molecule has 0 aromatic carbocycles. The first-order valence-electron chi connectivity index (χ1n) is 7.98. The van der Waals surface area contributed by atoms with Gasteiger partial charge in [0.15, 0.2) is 0 Å². The molecule has 21 heavy (non-hydrogen) atoms. The minimum Gasteiger partial charge on any atom is -0.352 e. The molecule has 2 aliphatic rings. The van der Waals surface area contributed by atoms with Gasteiger partial charge in [0, 0.05) is 29.5 Å². The molecular formula is C17H24N2OS. The van der Waals surface area contributed by atoms with Crippen LogP contribution >= 0.6 is 11.3 Å². The van der Waals surface area contributed by atoms with Gasteiger partial charge in [0.25, 0.3) is 0 Å². The predicted octanol–water partition coefficient (Wildman–Crippen LogP) is 3.14. The zero-order valence-electron chi connectivity index (χ0n) is 12.5. The summed E-state index contributed by atoms with van der Waals surface area (Å²) >= 11 is 1.65. The van der Waals surface area contributed by atoms with Crippen LogP contribution in [0.15, 0.2) is 23.6 Å². The van der Waals surface area contributed by atoms with E-state index in [1.54, 1.807) is 17.4 Å². The highest BCUT2D eigenvalue weighted by Gasteiger charge is 2.43. The van der Waals surface area contributed by atoms with Gasteiger partial charge in [-0.2, -0.15) is 0 Å². The SMILES string of the molecule is O=C(/C=C/c1cccs1)NCC1(CN2CCCCC2)CC1. The van der Waals surface area contributed by atoms with Gasteiger partial charge in [-0.3, -0.25) is 4.79 Å². The van der Waals surface area contributed by atoms with Gasteiger partial charge in [-0.15, -0.1) is 11.3 Å². The lowest BCUT2D eigenvalue weighted by atomic mass is 10.0. The van der Waals surface area contributed by atoms with E-state index in [9.17, 15) is 4.79 Å². The van der Waals surface area contributed by atoms with Gasteiger partial charge in [-0.25, -0.2) is 0 Å². The first kappa shape index (κ1) is 14.8. The van der Waals surface area contributed by atoms with Crippen molar-refractivity contribution in [2.45, 2.75) is 32.1 Å². The number of thiophene rings is 1. The quantitative estimate of drug-likeness (QED) is 0.819. The zero-order chi connectivity index (χ0) is 14.5. The standard InChI is InChI=1S/C17H24N2OS/c20-16(7-6-15-5-4-12-21-15)18-13-17(8-9-17)14-19-10-2-1-3-11-19/h4-7,12H,1-3,8-11,13-14H2,(H,18,20)/b7-6+. The Morgan fingerprint density at radius 3 is 2.81 bits per heavy atom. The van der Waals surface area contributed by atoms with Crippen LogP contribution < -0.4 is 5.32 Å². The lowest BCUT2D eigenvalue weighted by Gasteiger charge is -2.30. The summed E-state index contributed by atoms with van der Waals surface area (Å²) in [5.74, 6) is 0.0355. The molecule has 3 nitrogen and oxygen atoms in total. The summed E-state index contributed by atoms with van der Waals surface area (Å²) in [7, 11) is 0. The first-order chi connectivity index (χ1) is 10.3. The second kappa shape index (κ2) is 6.75. The highest BCUT2D eigenvalue weighted by atomic mass is 32.1. The van der Waals surface area contributed by atoms with Crippen LogP contribution in [-0.4, -0.2) is 37.0 Å². The lowest BCUT2D eigenvalue weighted by Crippen LogP contribution is -2.39. The van der Waals surface area contributed by atoms with E-state index in [1.165, 1.54) is 51.7 Å². The molecule has 1 aromatic rings. The summed E-state index contributed by atoms with van der Waals surface area (Å²) in [6.07, 6.45) is 10.1. The Balaban J connectivity index is 1.42. The van der Waals surface area contributed by atoms with E-state index in [1.807, 2.05) is 23.6 Å². The molecule has 1 amide bonds. The molecule has 0 bridgehead atoms. The third kappa shape index (κ3) is 4.42. The predicted molar refractivity (Wildman–Crippen MR) is 88.3 cm³/mol. The fourth-order valence-corrected chi connectivity index (χ4v) is 3.65. The Hall–Kier alpha value is -1.13. The van der Waals surface area contributed by atoms with Crippen LogP contribution in [0.2, 0.25) is 0 Å². The number of carbonyl (C=O) groups is 1. The van der Waals surface area contributed by atoms with Crippen LogP contribution in [0.4, 0.5) is 0 Å². The van der Waals surface area contributed by atoms with E-state index < -0.39 is 0 Å². The first-order valence-corrected chi connectivity index (χ1v) is 8.86. The van der Waals surface area contributed by atoms with Crippen LogP contribution in [0.5, 0.6) is 0 Å². The maximum Gasteiger partial charge on any atom is 0.244 e. The number of carbonyl (C=O) groups excluding carboxylic acids is 1. The number of nitrogens with one attached hydrogen (secondary N) is 1. The Labute approximate surface area is 131 Å². The number of nitrogens with zero attached hydrogens (tertiary/aromatic N) is 1. The number of rotatable bonds is 6. The lowest BCUT2D eigenvalue weighted by molar-refractivity contribution is -0.116. The van der Waals surface area contributed by atoms with Gasteiger partial charge in [-0.1, -0.05) is 12.5 Å². The summed E-state index contributed by atoms with van der Waals surface area (Å²) in [5.41, 5.74) is 0.365. The Bertz CT molecular complexity index is 485. The molecule has 114 valence electrons. The molecule has 0 radical (unpaired) electrons. The van der Waals surface area contributed by atoms with Crippen molar-refractivity contribution in [3.05, 3.63) is 28.5 Å². The smallest absolute Gasteiger partial charge is 0.244 e. The van der Waals surface area contributed by atoms with E-state index in [2.05, 4.69) is 10.2 Å². The van der Waals surface area contributed by atoms with E-state index in [4.69, 9.17) is 0 Å². The fourth-order valence-electron chi connectivity index (χ4n) is 3.04. The van der Waals surface area contributed by atoms with Crippen molar-refractivity contribution < 1.29 is 4.79 Å². The van der Waals surface area contributed by atoms with Gasteiger partial charge in [0.05, 0.1) is 0 Å². The summed E-state index contributed by atoms with van der Waals surface area (Å²) in [6.45, 7) is 4.49. The minimum atomic E-state index is 0.0355. The average molecular weight is 304 g/mol. The Morgan fingerprint density at radius 2 is 2.14 bits per heavy atom. The molecular weight excluding hydrogens is 280 g/mol. The number of piperidine rings is 1. The van der Waals surface area contributed by atoms with Crippen LogP contribution in [0.3, 0.4) is 0 Å². The van der Waals surface area contributed by atoms with Crippen molar-refractivity contribution in [3.8, 4) is 0 Å². The molecule has 1 aliphatic carbocycles. The number of hydrogen-bond donors (Lipinski definition) is 1. The molecule has 1 saturated heterocycles. The molecule has 1 aromatic heterocycles. The van der Waals surface area contributed by atoms with E-state index in [-0.39, 0.29) is 5.91 Å². The minimum absolute atomic E-state index is 0.0355. The number of hydrogen-bond acceptors (Lipinski definition) is 3. The van der Waals surface area contributed by atoms with Crippen molar-refractivity contribution in [1.82, 2.24) is 10.2 Å². The zero-order valence-corrected chi connectivity index (χ0v) is 13.3. The van der Waals surface area contributed by atoms with Crippen molar-refractivity contribution in [2.75, 3.05) is 26.2 Å². The molecule has 3 rings (SSSR count).